The number of carbonyl (C=O) groups is 1. The predicted octanol–water partition coefficient (Wildman–Crippen LogP) is 2.28. The van der Waals surface area contributed by atoms with Gasteiger partial charge in [0, 0.05) is 11.4 Å². The number of rotatable bonds is 4. The van der Waals surface area contributed by atoms with Crippen molar-refractivity contribution in [3.8, 4) is 0 Å². The average molecular weight is 195 g/mol. The zero-order chi connectivity index (χ0) is 10.7. The summed E-state index contributed by atoms with van der Waals surface area (Å²) in [5.74, 6) is -0.973. The second-order valence-electron chi connectivity index (χ2n) is 3.88. The van der Waals surface area contributed by atoms with E-state index in [1.165, 1.54) is 5.56 Å². The van der Waals surface area contributed by atoms with Gasteiger partial charge in [0.25, 0.3) is 0 Å². The number of aliphatic carboxylic acids is 1. The minimum atomic E-state index is -0.713. The van der Waals surface area contributed by atoms with E-state index in [4.69, 9.17) is 5.11 Å². The lowest BCUT2D eigenvalue weighted by atomic mass is 10.0. The van der Waals surface area contributed by atoms with Gasteiger partial charge in [-0.05, 0) is 38.3 Å². The summed E-state index contributed by atoms with van der Waals surface area (Å²) in [4.78, 5) is 13.8. The maximum atomic E-state index is 10.6. The van der Waals surface area contributed by atoms with E-state index in [-0.39, 0.29) is 5.92 Å². The van der Waals surface area contributed by atoms with Gasteiger partial charge in [-0.15, -0.1) is 0 Å². The molecule has 1 rings (SSSR count). The molecule has 0 aromatic carbocycles. The first-order valence-corrected chi connectivity index (χ1v) is 4.88. The van der Waals surface area contributed by atoms with Gasteiger partial charge < -0.3 is 10.1 Å². The molecule has 78 valence electrons. The predicted molar refractivity (Wildman–Crippen MR) is 55.4 cm³/mol. The van der Waals surface area contributed by atoms with E-state index in [1.807, 2.05) is 13.8 Å². The van der Waals surface area contributed by atoms with Gasteiger partial charge >= 0.3 is 5.97 Å². The van der Waals surface area contributed by atoms with E-state index in [1.54, 1.807) is 6.92 Å². The Labute approximate surface area is 84.2 Å². The van der Waals surface area contributed by atoms with Crippen LogP contribution in [0.5, 0.6) is 0 Å². The summed E-state index contributed by atoms with van der Waals surface area (Å²) in [5.41, 5.74) is 3.52. The lowest BCUT2D eigenvalue weighted by Crippen LogP contribution is -2.10. The lowest BCUT2D eigenvalue weighted by molar-refractivity contribution is -0.141. The minimum absolute atomic E-state index is 0.260. The highest BCUT2D eigenvalue weighted by molar-refractivity contribution is 5.69. The normalized spacial score (nSPS) is 12.8. The van der Waals surface area contributed by atoms with Crippen LogP contribution in [0.15, 0.2) is 6.07 Å². The number of H-pyrrole nitrogens is 1. The number of aryl methyl sites for hydroxylation is 3. The maximum absolute atomic E-state index is 10.6. The van der Waals surface area contributed by atoms with Crippen LogP contribution in [0, 0.1) is 19.8 Å². The summed E-state index contributed by atoms with van der Waals surface area (Å²) in [6, 6.07) is 2.09. The largest absolute Gasteiger partial charge is 0.481 e. The van der Waals surface area contributed by atoms with Crippen molar-refractivity contribution in [1.82, 2.24) is 4.98 Å². The molecule has 0 aliphatic rings. The Balaban J connectivity index is 2.53. The topological polar surface area (TPSA) is 53.1 Å². The van der Waals surface area contributed by atoms with E-state index in [0.717, 1.165) is 17.8 Å². The van der Waals surface area contributed by atoms with Crippen molar-refractivity contribution >= 4 is 5.97 Å². The van der Waals surface area contributed by atoms with Crippen molar-refractivity contribution < 1.29 is 9.90 Å². The minimum Gasteiger partial charge on any atom is -0.481 e. The molecule has 0 radical (unpaired) electrons. The Morgan fingerprint density at radius 3 is 2.64 bits per heavy atom. The maximum Gasteiger partial charge on any atom is 0.306 e. The summed E-state index contributed by atoms with van der Waals surface area (Å²) in [6.07, 6.45) is 1.54. The molecular formula is C11H17NO2. The molecule has 0 spiro atoms. The van der Waals surface area contributed by atoms with Crippen molar-refractivity contribution in [3.63, 3.8) is 0 Å². The molecule has 0 saturated carbocycles. The van der Waals surface area contributed by atoms with Gasteiger partial charge in [-0.3, -0.25) is 4.79 Å². The van der Waals surface area contributed by atoms with Gasteiger partial charge in [0.15, 0.2) is 0 Å². The lowest BCUT2D eigenvalue weighted by Gasteiger charge is -2.04. The number of carboxylic acid groups (broad SMARTS) is 1. The third kappa shape index (κ3) is 2.62. The first-order valence-electron chi connectivity index (χ1n) is 4.88. The molecule has 1 heterocycles. The van der Waals surface area contributed by atoms with E-state index in [2.05, 4.69) is 11.1 Å². The van der Waals surface area contributed by atoms with Gasteiger partial charge in [-0.1, -0.05) is 6.92 Å². The second-order valence-corrected chi connectivity index (χ2v) is 3.88. The van der Waals surface area contributed by atoms with Crippen LogP contribution in [-0.4, -0.2) is 16.1 Å². The second kappa shape index (κ2) is 4.31. The number of hydrogen-bond donors (Lipinski definition) is 2. The fourth-order valence-corrected chi connectivity index (χ4v) is 1.54. The summed E-state index contributed by atoms with van der Waals surface area (Å²) >= 11 is 0. The van der Waals surface area contributed by atoms with Crippen LogP contribution < -0.4 is 0 Å². The number of hydrogen-bond acceptors (Lipinski definition) is 1. The monoisotopic (exact) mass is 195 g/mol. The van der Waals surface area contributed by atoms with Crippen LogP contribution in [0.2, 0.25) is 0 Å². The zero-order valence-electron chi connectivity index (χ0n) is 8.92. The number of aromatic amines is 1. The molecule has 0 saturated heterocycles. The van der Waals surface area contributed by atoms with Crippen LogP contribution in [0.4, 0.5) is 0 Å². The van der Waals surface area contributed by atoms with E-state index < -0.39 is 5.97 Å². The van der Waals surface area contributed by atoms with E-state index in [9.17, 15) is 4.79 Å². The van der Waals surface area contributed by atoms with Gasteiger partial charge in [0.05, 0.1) is 5.92 Å². The fraction of sp³-hybridized carbons (Fsp3) is 0.545. The van der Waals surface area contributed by atoms with Gasteiger partial charge in [-0.2, -0.15) is 0 Å². The van der Waals surface area contributed by atoms with E-state index >= 15 is 0 Å². The van der Waals surface area contributed by atoms with Gasteiger partial charge in [-0.25, -0.2) is 0 Å². The van der Waals surface area contributed by atoms with Crippen molar-refractivity contribution in [2.45, 2.75) is 33.6 Å². The van der Waals surface area contributed by atoms with Crippen LogP contribution in [0.3, 0.4) is 0 Å². The summed E-state index contributed by atoms with van der Waals surface area (Å²) in [6.45, 7) is 5.78. The average Bonchev–Trinajstić information content (AvgIpc) is 2.40. The first-order chi connectivity index (χ1) is 6.50. The van der Waals surface area contributed by atoms with Gasteiger partial charge in [0.1, 0.15) is 0 Å². The van der Waals surface area contributed by atoms with Crippen LogP contribution in [-0.2, 0) is 11.2 Å². The molecule has 3 heteroatoms. The molecule has 0 aliphatic carbocycles. The smallest absolute Gasteiger partial charge is 0.306 e. The molecule has 2 N–H and O–H groups in total. The molecule has 0 aliphatic heterocycles. The first kappa shape index (κ1) is 10.8. The highest BCUT2D eigenvalue weighted by Gasteiger charge is 2.11. The molecule has 1 unspecified atom stereocenters. The van der Waals surface area contributed by atoms with Crippen molar-refractivity contribution in [3.05, 3.63) is 23.0 Å². The standard InChI is InChI=1S/C11H17NO2/c1-7(11(13)14)4-5-10-6-8(2)12-9(10)3/h6-7,12H,4-5H2,1-3H3,(H,13,14). The molecule has 0 bridgehead atoms. The fourth-order valence-electron chi connectivity index (χ4n) is 1.54. The van der Waals surface area contributed by atoms with Gasteiger partial charge in [0.2, 0.25) is 0 Å². The zero-order valence-corrected chi connectivity index (χ0v) is 8.92. The molecule has 14 heavy (non-hydrogen) atoms. The summed E-state index contributed by atoms with van der Waals surface area (Å²) in [5, 5.41) is 8.73. The Bertz CT molecular complexity index is 328. The van der Waals surface area contributed by atoms with Crippen molar-refractivity contribution in [2.75, 3.05) is 0 Å². The molecule has 0 amide bonds. The Morgan fingerprint density at radius 2 is 2.21 bits per heavy atom. The van der Waals surface area contributed by atoms with Crippen LogP contribution >= 0.6 is 0 Å². The summed E-state index contributed by atoms with van der Waals surface area (Å²) < 4.78 is 0. The highest BCUT2D eigenvalue weighted by Crippen LogP contribution is 2.14. The third-order valence-electron chi connectivity index (χ3n) is 2.53. The molecule has 1 atom stereocenters. The molecular weight excluding hydrogens is 178 g/mol. The highest BCUT2D eigenvalue weighted by atomic mass is 16.4. The van der Waals surface area contributed by atoms with Crippen molar-refractivity contribution in [1.29, 1.82) is 0 Å². The molecule has 1 aromatic rings. The quantitative estimate of drug-likeness (QED) is 0.774. The number of carboxylic acids is 1. The van der Waals surface area contributed by atoms with Crippen LogP contribution in [0.25, 0.3) is 0 Å². The Morgan fingerprint density at radius 1 is 1.57 bits per heavy atom. The Kier molecular flexibility index (Phi) is 3.33. The number of aromatic nitrogens is 1. The molecule has 0 fully saturated rings. The SMILES string of the molecule is Cc1cc(CCC(C)C(=O)O)c(C)[nH]1. The van der Waals surface area contributed by atoms with Crippen molar-refractivity contribution in [2.24, 2.45) is 5.92 Å². The summed E-state index contributed by atoms with van der Waals surface area (Å²) in [7, 11) is 0. The third-order valence-corrected chi connectivity index (χ3v) is 2.53. The molecule has 3 nitrogen and oxygen atoms in total. The van der Waals surface area contributed by atoms with Crippen LogP contribution in [0.1, 0.15) is 30.3 Å². The van der Waals surface area contributed by atoms with E-state index in [0.29, 0.717) is 6.42 Å². The molecule has 1 aromatic heterocycles. The number of nitrogens with one attached hydrogen (secondary N) is 1. The Hall–Kier alpha value is -1.25.